The lowest BCUT2D eigenvalue weighted by molar-refractivity contribution is -0.141. The average Bonchev–Trinajstić information content (AvgIpc) is 2.87. The summed E-state index contributed by atoms with van der Waals surface area (Å²) in [7, 11) is 1.59. The zero-order chi connectivity index (χ0) is 15.4. The summed E-state index contributed by atoms with van der Waals surface area (Å²) >= 11 is 0. The van der Waals surface area contributed by atoms with Crippen molar-refractivity contribution in [2.45, 2.75) is 19.3 Å². The van der Waals surface area contributed by atoms with Crippen molar-refractivity contribution in [3.8, 4) is 0 Å². The third-order valence-corrected chi connectivity index (χ3v) is 3.62. The van der Waals surface area contributed by atoms with Gasteiger partial charge >= 0.3 is 5.97 Å². The van der Waals surface area contributed by atoms with Crippen LogP contribution in [-0.4, -0.2) is 36.5 Å². The number of carbonyl (C=O) groups is 3. The molecule has 1 fully saturated rings. The minimum absolute atomic E-state index is 0.0383. The minimum Gasteiger partial charge on any atom is -0.481 e. The predicted octanol–water partition coefficient (Wildman–Crippen LogP) is 0.803. The molecule has 2 N–H and O–H groups in total. The molecule has 6 heteroatoms. The molecule has 1 atom stereocenters. The van der Waals surface area contributed by atoms with E-state index in [4.69, 9.17) is 5.11 Å². The maximum atomic E-state index is 11.9. The van der Waals surface area contributed by atoms with Crippen LogP contribution in [0.1, 0.15) is 18.4 Å². The van der Waals surface area contributed by atoms with E-state index in [2.05, 4.69) is 5.32 Å². The molecule has 2 rings (SSSR count). The second-order valence-electron chi connectivity index (χ2n) is 5.09. The molecule has 112 valence electrons. The first kappa shape index (κ1) is 15.0. The van der Waals surface area contributed by atoms with Crippen molar-refractivity contribution in [1.82, 2.24) is 5.32 Å². The van der Waals surface area contributed by atoms with Crippen molar-refractivity contribution in [3.05, 3.63) is 29.8 Å². The fourth-order valence-electron chi connectivity index (χ4n) is 2.39. The minimum atomic E-state index is -0.943. The van der Waals surface area contributed by atoms with Crippen molar-refractivity contribution in [2.75, 3.05) is 18.5 Å². The summed E-state index contributed by atoms with van der Waals surface area (Å²) in [6, 6.07) is 7.33. The quantitative estimate of drug-likeness (QED) is 0.840. The SMILES string of the molecule is CNC(=O)CCc1cccc(N2C[C@@H](C(=O)O)CC2=O)c1. The van der Waals surface area contributed by atoms with E-state index in [1.54, 1.807) is 13.1 Å². The van der Waals surface area contributed by atoms with E-state index in [1.807, 2.05) is 18.2 Å². The lowest BCUT2D eigenvalue weighted by atomic mass is 10.1. The van der Waals surface area contributed by atoms with Crippen molar-refractivity contribution in [2.24, 2.45) is 5.92 Å². The van der Waals surface area contributed by atoms with Crippen molar-refractivity contribution < 1.29 is 19.5 Å². The zero-order valence-electron chi connectivity index (χ0n) is 11.8. The number of amides is 2. The Labute approximate surface area is 122 Å². The first-order chi connectivity index (χ1) is 10.0. The first-order valence-corrected chi connectivity index (χ1v) is 6.84. The highest BCUT2D eigenvalue weighted by Crippen LogP contribution is 2.26. The molecule has 2 amide bonds. The molecule has 1 aromatic rings. The van der Waals surface area contributed by atoms with Gasteiger partial charge in [0.2, 0.25) is 11.8 Å². The Balaban J connectivity index is 2.09. The molecule has 6 nitrogen and oxygen atoms in total. The van der Waals surface area contributed by atoms with E-state index < -0.39 is 11.9 Å². The number of aliphatic carboxylic acids is 1. The highest BCUT2D eigenvalue weighted by Gasteiger charge is 2.34. The third-order valence-electron chi connectivity index (χ3n) is 3.62. The fourth-order valence-corrected chi connectivity index (χ4v) is 2.39. The monoisotopic (exact) mass is 290 g/mol. The summed E-state index contributed by atoms with van der Waals surface area (Å²) in [6.07, 6.45) is 1.00. The van der Waals surface area contributed by atoms with Crippen LogP contribution in [0, 0.1) is 5.92 Å². The Morgan fingerprint density at radius 2 is 2.19 bits per heavy atom. The molecule has 1 heterocycles. The van der Waals surface area contributed by atoms with Crippen LogP contribution in [0.25, 0.3) is 0 Å². The van der Waals surface area contributed by atoms with Gasteiger partial charge in [-0.2, -0.15) is 0 Å². The van der Waals surface area contributed by atoms with Gasteiger partial charge < -0.3 is 15.3 Å². The fraction of sp³-hybridized carbons (Fsp3) is 0.400. The number of hydrogen-bond acceptors (Lipinski definition) is 3. The van der Waals surface area contributed by atoms with Crippen molar-refractivity contribution in [1.29, 1.82) is 0 Å². The Morgan fingerprint density at radius 1 is 1.43 bits per heavy atom. The molecule has 0 aromatic heterocycles. The molecule has 0 bridgehead atoms. The van der Waals surface area contributed by atoms with Crippen LogP contribution in [0.15, 0.2) is 24.3 Å². The van der Waals surface area contributed by atoms with Gasteiger partial charge in [0.15, 0.2) is 0 Å². The van der Waals surface area contributed by atoms with Gasteiger partial charge in [-0.1, -0.05) is 12.1 Å². The van der Waals surface area contributed by atoms with Crippen LogP contribution < -0.4 is 10.2 Å². The Kier molecular flexibility index (Phi) is 4.57. The van der Waals surface area contributed by atoms with E-state index >= 15 is 0 Å². The molecule has 0 saturated carbocycles. The van der Waals surface area contributed by atoms with Gasteiger partial charge in [-0.15, -0.1) is 0 Å². The van der Waals surface area contributed by atoms with Gasteiger partial charge in [0.05, 0.1) is 5.92 Å². The largest absolute Gasteiger partial charge is 0.481 e. The summed E-state index contributed by atoms with van der Waals surface area (Å²) in [5.41, 5.74) is 1.64. The summed E-state index contributed by atoms with van der Waals surface area (Å²) in [6.45, 7) is 0.201. The number of carboxylic acid groups (broad SMARTS) is 1. The van der Waals surface area contributed by atoms with Gasteiger partial charge in [0, 0.05) is 32.1 Å². The lowest BCUT2D eigenvalue weighted by Crippen LogP contribution is -2.25. The normalized spacial score (nSPS) is 17.9. The van der Waals surface area contributed by atoms with E-state index in [9.17, 15) is 14.4 Å². The van der Waals surface area contributed by atoms with Gasteiger partial charge in [-0.25, -0.2) is 0 Å². The highest BCUT2D eigenvalue weighted by atomic mass is 16.4. The molecule has 1 aliphatic rings. The predicted molar refractivity (Wildman–Crippen MR) is 76.9 cm³/mol. The molecule has 1 saturated heterocycles. The molecule has 0 radical (unpaired) electrons. The van der Waals surface area contributed by atoms with Crippen LogP contribution in [0.2, 0.25) is 0 Å². The van der Waals surface area contributed by atoms with E-state index in [1.165, 1.54) is 4.90 Å². The second-order valence-corrected chi connectivity index (χ2v) is 5.09. The number of anilines is 1. The number of carbonyl (C=O) groups excluding carboxylic acids is 2. The summed E-state index contributed by atoms with van der Waals surface area (Å²) in [4.78, 5) is 35.6. The number of benzene rings is 1. The molecule has 0 aliphatic carbocycles. The third kappa shape index (κ3) is 3.59. The molecule has 0 spiro atoms. The molecular weight excluding hydrogens is 272 g/mol. The standard InChI is InChI=1S/C15H18N2O4/c1-16-13(18)6-5-10-3-2-4-12(7-10)17-9-11(15(20)21)8-14(17)19/h2-4,7,11H,5-6,8-9H2,1H3,(H,16,18)(H,20,21)/t11-/m0/s1. The molecule has 1 aromatic carbocycles. The van der Waals surface area contributed by atoms with Gasteiger partial charge in [-0.05, 0) is 24.1 Å². The lowest BCUT2D eigenvalue weighted by Gasteiger charge is -2.17. The van der Waals surface area contributed by atoms with Crippen LogP contribution in [0.5, 0.6) is 0 Å². The van der Waals surface area contributed by atoms with Crippen LogP contribution >= 0.6 is 0 Å². The molecular formula is C15H18N2O4. The van der Waals surface area contributed by atoms with Gasteiger partial charge in [0.25, 0.3) is 0 Å². The number of aryl methyl sites for hydroxylation is 1. The average molecular weight is 290 g/mol. The maximum absolute atomic E-state index is 11.9. The molecule has 0 unspecified atom stereocenters. The van der Waals surface area contributed by atoms with Gasteiger partial charge in [0.1, 0.15) is 0 Å². The highest BCUT2D eigenvalue weighted by molar-refractivity contribution is 5.99. The topological polar surface area (TPSA) is 86.7 Å². The number of rotatable bonds is 5. The number of nitrogens with zero attached hydrogens (tertiary/aromatic N) is 1. The van der Waals surface area contributed by atoms with Crippen LogP contribution in [-0.2, 0) is 20.8 Å². The second kappa shape index (κ2) is 6.39. The first-order valence-electron chi connectivity index (χ1n) is 6.84. The Bertz CT molecular complexity index is 571. The Morgan fingerprint density at radius 3 is 2.81 bits per heavy atom. The number of nitrogens with one attached hydrogen (secondary N) is 1. The molecule has 1 aliphatic heterocycles. The maximum Gasteiger partial charge on any atom is 0.308 e. The number of carboxylic acids is 1. The zero-order valence-corrected chi connectivity index (χ0v) is 11.8. The smallest absolute Gasteiger partial charge is 0.308 e. The van der Waals surface area contributed by atoms with Crippen molar-refractivity contribution in [3.63, 3.8) is 0 Å². The van der Waals surface area contributed by atoms with Crippen LogP contribution in [0.4, 0.5) is 5.69 Å². The summed E-state index contributed by atoms with van der Waals surface area (Å²) in [5.74, 6) is -1.80. The van der Waals surface area contributed by atoms with Gasteiger partial charge in [-0.3, -0.25) is 14.4 Å². The van der Waals surface area contributed by atoms with E-state index in [0.29, 0.717) is 18.5 Å². The van der Waals surface area contributed by atoms with Crippen molar-refractivity contribution >= 4 is 23.5 Å². The molecule has 21 heavy (non-hydrogen) atoms. The number of hydrogen-bond donors (Lipinski definition) is 2. The van der Waals surface area contributed by atoms with Crippen LogP contribution in [0.3, 0.4) is 0 Å². The summed E-state index contributed by atoms with van der Waals surface area (Å²) < 4.78 is 0. The Hall–Kier alpha value is -2.37. The van der Waals surface area contributed by atoms with E-state index in [-0.39, 0.29) is 24.8 Å². The van der Waals surface area contributed by atoms with E-state index in [0.717, 1.165) is 5.56 Å². The summed E-state index contributed by atoms with van der Waals surface area (Å²) in [5, 5.41) is 11.6.